The normalized spacial score (nSPS) is 10.8. The third-order valence-corrected chi connectivity index (χ3v) is 5.81. The van der Waals surface area contributed by atoms with E-state index in [4.69, 9.17) is 16.3 Å². The van der Waals surface area contributed by atoms with Crippen LogP contribution in [0.15, 0.2) is 53.9 Å². The monoisotopic (exact) mass is 430 g/mol. The van der Waals surface area contributed by atoms with Crippen LogP contribution in [0, 0.1) is 13.8 Å². The standard InChI is InChI=1S/C21H23ClN4O2S/c1-15-8-9-17(12-18(15)22)26-14-23-24-21(26)29-13-20(27)25(3)10-11-28-19-7-5-4-6-16(19)2/h4-9,12,14H,10-11,13H2,1-3H3. The average Bonchev–Trinajstić information content (AvgIpc) is 3.18. The number of carbonyl (C=O) groups is 1. The van der Waals surface area contributed by atoms with Crippen molar-refractivity contribution in [1.82, 2.24) is 19.7 Å². The zero-order chi connectivity index (χ0) is 20.8. The van der Waals surface area contributed by atoms with Gasteiger partial charge in [-0.3, -0.25) is 9.36 Å². The van der Waals surface area contributed by atoms with Crippen LogP contribution < -0.4 is 4.74 Å². The Morgan fingerprint density at radius 2 is 2.00 bits per heavy atom. The molecule has 1 aromatic heterocycles. The number of likely N-dealkylation sites (N-methyl/N-ethyl adjacent to an activating group) is 1. The van der Waals surface area contributed by atoms with E-state index >= 15 is 0 Å². The Labute approximate surface area is 179 Å². The summed E-state index contributed by atoms with van der Waals surface area (Å²) in [6.07, 6.45) is 1.62. The molecule has 2 aromatic carbocycles. The van der Waals surface area contributed by atoms with Crippen molar-refractivity contribution in [2.75, 3.05) is 26.0 Å². The molecule has 0 unspecified atom stereocenters. The Balaban J connectivity index is 1.52. The first-order valence-corrected chi connectivity index (χ1v) is 10.5. The van der Waals surface area contributed by atoms with Gasteiger partial charge in [0.2, 0.25) is 5.91 Å². The van der Waals surface area contributed by atoms with Gasteiger partial charge in [-0.25, -0.2) is 0 Å². The molecule has 0 aliphatic carbocycles. The number of hydrogen-bond acceptors (Lipinski definition) is 5. The molecule has 0 N–H and O–H groups in total. The molecule has 8 heteroatoms. The Hall–Kier alpha value is -2.51. The Morgan fingerprint density at radius 1 is 1.21 bits per heavy atom. The van der Waals surface area contributed by atoms with Crippen LogP contribution in [-0.2, 0) is 4.79 Å². The number of carbonyl (C=O) groups excluding carboxylic acids is 1. The van der Waals surface area contributed by atoms with Gasteiger partial charge in [-0.2, -0.15) is 0 Å². The minimum absolute atomic E-state index is 0.000118. The summed E-state index contributed by atoms with van der Waals surface area (Å²) in [5.41, 5.74) is 2.94. The van der Waals surface area contributed by atoms with Crippen LogP contribution in [0.5, 0.6) is 5.75 Å². The van der Waals surface area contributed by atoms with Crippen LogP contribution >= 0.6 is 23.4 Å². The summed E-state index contributed by atoms with van der Waals surface area (Å²) < 4.78 is 7.59. The lowest BCUT2D eigenvalue weighted by Gasteiger charge is -2.18. The topological polar surface area (TPSA) is 60.2 Å². The third-order valence-electron chi connectivity index (χ3n) is 4.48. The lowest BCUT2D eigenvalue weighted by atomic mass is 10.2. The second-order valence-electron chi connectivity index (χ2n) is 6.63. The van der Waals surface area contributed by atoms with E-state index in [0.717, 1.165) is 22.6 Å². The van der Waals surface area contributed by atoms with E-state index in [2.05, 4.69) is 10.2 Å². The number of benzene rings is 2. The molecule has 6 nitrogen and oxygen atoms in total. The van der Waals surface area contributed by atoms with Gasteiger partial charge in [0.05, 0.1) is 18.0 Å². The molecule has 0 aliphatic rings. The summed E-state index contributed by atoms with van der Waals surface area (Å²) in [5.74, 6) is 1.10. The van der Waals surface area contributed by atoms with E-state index in [-0.39, 0.29) is 11.7 Å². The maximum Gasteiger partial charge on any atom is 0.232 e. The van der Waals surface area contributed by atoms with Crippen molar-refractivity contribution in [3.05, 3.63) is 64.9 Å². The zero-order valence-corrected chi connectivity index (χ0v) is 18.2. The smallest absolute Gasteiger partial charge is 0.232 e. The van der Waals surface area contributed by atoms with Crippen molar-refractivity contribution in [3.8, 4) is 11.4 Å². The van der Waals surface area contributed by atoms with Crippen molar-refractivity contribution in [2.45, 2.75) is 19.0 Å². The quantitative estimate of drug-likeness (QED) is 0.502. The predicted octanol–water partition coefficient (Wildman–Crippen LogP) is 4.17. The van der Waals surface area contributed by atoms with Crippen LogP contribution in [-0.4, -0.2) is 51.5 Å². The second-order valence-corrected chi connectivity index (χ2v) is 7.98. The van der Waals surface area contributed by atoms with Gasteiger partial charge in [0.1, 0.15) is 18.7 Å². The van der Waals surface area contributed by atoms with Crippen molar-refractivity contribution < 1.29 is 9.53 Å². The molecule has 0 saturated carbocycles. The highest BCUT2D eigenvalue weighted by Crippen LogP contribution is 2.24. The first kappa shape index (κ1) is 21.2. The van der Waals surface area contributed by atoms with Gasteiger partial charge in [-0.1, -0.05) is 47.6 Å². The summed E-state index contributed by atoms with van der Waals surface area (Å²) in [6, 6.07) is 13.6. The van der Waals surface area contributed by atoms with Crippen molar-refractivity contribution in [2.24, 2.45) is 0 Å². The number of amides is 1. The molecule has 29 heavy (non-hydrogen) atoms. The molecule has 1 amide bonds. The number of ether oxygens (including phenoxy) is 1. The summed E-state index contributed by atoms with van der Waals surface area (Å²) in [5, 5.41) is 9.41. The van der Waals surface area contributed by atoms with E-state index in [1.165, 1.54) is 11.8 Å². The second kappa shape index (κ2) is 9.80. The lowest BCUT2D eigenvalue weighted by molar-refractivity contribution is -0.127. The number of hydrogen-bond donors (Lipinski definition) is 0. The van der Waals surface area contributed by atoms with Crippen molar-refractivity contribution >= 4 is 29.3 Å². The number of thioether (sulfide) groups is 1. The van der Waals surface area contributed by atoms with Crippen LogP contribution in [0.25, 0.3) is 5.69 Å². The molecule has 3 aromatic rings. The maximum atomic E-state index is 12.5. The van der Waals surface area contributed by atoms with Gasteiger partial charge in [-0.05, 0) is 43.2 Å². The van der Waals surface area contributed by atoms with Crippen molar-refractivity contribution in [3.63, 3.8) is 0 Å². The number of aryl methyl sites for hydroxylation is 2. The highest BCUT2D eigenvalue weighted by molar-refractivity contribution is 7.99. The summed E-state index contributed by atoms with van der Waals surface area (Å²) >= 11 is 7.56. The Morgan fingerprint density at radius 3 is 2.76 bits per heavy atom. The first-order chi connectivity index (χ1) is 14.0. The molecule has 0 bridgehead atoms. The van der Waals surface area contributed by atoms with Crippen LogP contribution in [0.2, 0.25) is 5.02 Å². The van der Waals surface area contributed by atoms with Gasteiger partial charge in [-0.15, -0.1) is 10.2 Å². The van der Waals surface area contributed by atoms with E-state index in [1.807, 2.05) is 60.9 Å². The highest BCUT2D eigenvalue weighted by atomic mass is 35.5. The van der Waals surface area contributed by atoms with Crippen LogP contribution in [0.3, 0.4) is 0 Å². The number of halogens is 1. The number of para-hydroxylation sites is 1. The minimum Gasteiger partial charge on any atom is -0.491 e. The average molecular weight is 431 g/mol. The fourth-order valence-corrected chi connectivity index (χ4v) is 3.65. The molecule has 0 atom stereocenters. The van der Waals surface area contributed by atoms with E-state index in [1.54, 1.807) is 18.3 Å². The highest BCUT2D eigenvalue weighted by Gasteiger charge is 2.14. The molecule has 0 saturated heterocycles. The van der Waals surface area contributed by atoms with E-state index in [0.29, 0.717) is 23.3 Å². The molecular formula is C21H23ClN4O2S. The Kier molecular flexibility index (Phi) is 7.17. The van der Waals surface area contributed by atoms with Gasteiger partial charge in [0, 0.05) is 12.1 Å². The molecule has 0 aliphatic heterocycles. The fraction of sp³-hybridized carbons (Fsp3) is 0.286. The van der Waals surface area contributed by atoms with E-state index in [9.17, 15) is 4.79 Å². The predicted molar refractivity (Wildman–Crippen MR) is 116 cm³/mol. The first-order valence-electron chi connectivity index (χ1n) is 9.17. The largest absolute Gasteiger partial charge is 0.491 e. The molecule has 0 spiro atoms. The Bertz CT molecular complexity index is 992. The summed E-state index contributed by atoms with van der Waals surface area (Å²) in [7, 11) is 1.77. The summed E-state index contributed by atoms with van der Waals surface area (Å²) in [6.45, 7) is 4.90. The molecule has 3 rings (SSSR count). The minimum atomic E-state index is -0.000118. The van der Waals surface area contributed by atoms with Gasteiger partial charge < -0.3 is 9.64 Å². The molecule has 152 valence electrons. The molecule has 0 fully saturated rings. The zero-order valence-electron chi connectivity index (χ0n) is 16.6. The van der Waals surface area contributed by atoms with E-state index < -0.39 is 0 Å². The summed E-state index contributed by atoms with van der Waals surface area (Å²) in [4.78, 5) is 14.1. The van der Waals surface area contributed by atoms with Crippen LogP contribution in [0.1, 0.15) is 11.1 Å². The number of rotatable bonds is 8. The third kappa shape index (κ3) is 5.52. The molecular weight excluding hydrogens is 408 g/mol. The fourth-order valence-electron chi connectivity index (χ4n) is 2.60. The molecule has 1 heterocycles. The maximum absolute atomic E-state index is 12.5. The number of nitrogens with zero attached hydrogens (tertiary/aromatic N) is 4. The SMILES string of the molecule is Cc1ccc(-n2cnnc2SCC(=O)N(C)CCOc2ccccc2C)cc1Cl. The number of aromatic nitrogens is 3. The van der Waals surface area contributed by atoms with Gasteiger partial charge in [0.25, 0.3) is 0 Å². The molecule has 0 radical (unpaired) electrons. The van der Waals surface area contributed by atoms with Crippen LogP contribution in [0.4, 0.5) is 0 Å². The van der Waals surface area contributed by atoms with Gasteiger partial charge >= 0.3 is 0 Å². The van der Waals surface area contributed by atoms with Gasteiger partial charge in [0.15, 0.2) is 5.16 Å². The van der Waals surface area contributed by atoms with Crippen molar-refractivity contribution in [1.29, 1.82) is 0 Å². The lowest BCUT2D eigenvalue weighted by Crippen LogP contribution is -2.32.